The SMILES string of the molecule is COc1ccc(C2Cc3cc(OC4OC(CO)C(O)C(O)C4O)cc(O)c3C(=O)O2)cc1O. The summed E-state index contributed by atoms with van der Waals surface area (Å²) in [6.45, 7) is -0.623. The number of carbonyl (C=O) groups excluding carboxylic acids is 1. The van der Waals surface area contributed by atoms with Gasteiger partial charge in [0, 0.05) is 12.5 Å². The molecule has 2 heterocycles. The van der Waals surface area contributed by atoms with E-state index in [2.05, 4.69) is 0 Å². The number of aromatic hydroxyl groups is 2. The van der Waals surface area contributed by atoms with Crippen LogP contribution in [-0.2, 0) is 15.9 Å². The normalized spacial score (nSPS) is 29.2. The maximum atomic E-state index is 12.5. The minimum absolute atomic E-state index is 0.0154. The maximum Gasteiger partial charge on any atom is 0.342 e. The zero-order valence-electron chi connectivity index (χ0n) is 17.5. The Morgan fingerprint density at radius 2 is 1.79 bits per heavy atom. The van der Waals surface area contributed by atoms with Crippen LogP contribution in [-0.4, -0.2) is 81.0 Å². The molecule has 0 amide bonds. The smallest absolute Gasteiger partial charge is 0.342 e. The number of phenolic OH excluding ortho intramolecular Hbond substituents is 2. The highest BCUT2D eigenvalue weighted by molar-refractivity contribution is 5.95. The highest BCUT2D eigenvalue weighted by Gasteiger charge is 2.45. The first-order chi connectivity index (χ1) is 15.7. The molecule has 6 N–H and O–H groups in total. The molecular weight excluding hydrogens is 440 g/mol. The molecule has 1 fully saturated rings. The van der Waals surface area contributed by atoms with Gasteiger partial charge in [0.2, 0.25) is 6.29 Å². The van der Waals surface area contributed by atoms with Gasteiger partial charge in [0.25, 0.3) is 0 Å². The molecule has 0 aliphatic carbocycles. The maximum absolute atomic E-state index is 12.5. The number of carbonyl (C=O) groups is 1. The summed E-state index contributed by atoms with van der Waals surface area (Å²) >= 11 is 0. The average molecular weight is 464 g/mol. The topological polar surface area (TPSA) is 175 Å². The number of rotatable bonds is 5. The number of benzene rings is 2. The fraction of sp³-hybridized carbons (Fsp3) is 0.409. The standard InChI is InChI=1S/C22H24O11/c1-30-14-3-2-9(5-12(14)24)15-6-10-4-11(7-13(25)17(10)21(29)32-15)31-22-20(28)19(27)18(26)16(8-23)33-22/h2-5,7,15-16,18-20,22-28H,6,8H2,1H3. The van der Waals surface area contributed by atoms with Crippen molar-refractivity contribution in [3.05, 3.63) is 47.0 Å². The molecule has 2 aliphatic rings. The quantitative estimate of drug-likeness (QED) is 0.322. The third kappa shape index (κ3) is 4.28. The van der Waals surface area contributed by atoms with Gasteiger partial charge in [-0.05, 0) is 29.3 Å². The van der Waals surface area contributed by atoms with Crippen molar-refractivity contribution < 1.29 is 54.4 Å². The van der Waals surface area contributed by atoms with E-state index >= 15 is 0 Å². The fourth-order valence-corrected chi connectivity index (χ4v) is 3.94. The second-order valence-electron chi connectivity index (χ2n) is 7.82. The Balaban J connectivity index is 1.60. The number of cyclic esters (lactones) is 1. The largest absolute Gasteiger partial charge is 0.507 e. The van der Waals surface area contributed by atoms with E-state index in [-0.39, 0.29) is 29.2 Å². The van der Waals surface area contributed by atoms with Crippen LogP contribution >= 0.6 is 0 Å². The number of methoxy groups -OCH3 is 1. The number of ether oxygens (including phenoxy) is 4. The Labute approximate surface area is 188 Å². The van der Waals surface area contributed by atoms with Crippen molar-refractivity contribution in [2.75, 3.05) is 13.7 Å². The van der Waals surface area contributed by atoms with Crippen LogP contribution in [0, 0.1) is 0 Å². The van der Waals surface area contributed by atoms with Crippen molar-refractivity contribution in [1.82, 2.24) is 0 Å². The van der Waals surface area contributed by atoms with Gasteiger partial charge in [-0.3, -0.25) is 0 Å². The lowest BCUT2D eigenvalue weighted by molar-refractivity contribution is -0.277. The van der Waals surface area contributed by atoms with E-state index in [4.69, 9.17) is 18.9 Å². The van der Waals surface area contributed by atoms with Gasteiger partial charge in [0.05, 0.1) is 13.7 Å². The van der Waals surface area contributed by atoms with Gasteiger partial charge in [-0.25, -0.2) is 4.79 Å². The molecule has 0 saturated carbocycles. The van der Waals surface area contributed by atoms with Crippen LogP contribution in [0.5, 0.6) is 23.0 Å². The highest BCUT2D eigenvalue weighted by atomic mass is 16.7. The molecule has 0 radical (unpaired) electrons. The van der Waals surface area contributed by atoms with E-state index in [0.29, 0.717) is 11.1 Å². The molecule has 178 valence electrons. The summed E-state index contributed by atoms with van der Waals surface area (Å²) in [5.74, 6) is -1.04. The lowest BCUT2D eigenvalue weighted by Gasteiger charge is -2.39. The zero-order valence-corrected chi connectivity index (χ0v) is 17.5. The van der Waals surface area contributed by atoms with Gasteiger partial charge in [-0.15, -0.1) is 0 Å². The number of phenols is 2. The van der Waals surface area contributed by atoms with Crippen molar-refractivity contribution in [1.29, 1.82) is 0 Å². The number of esters is 1. The molecule has 2 aliphatic heterocycles. The Kier molecular flexibility index (Phi) is 6.32. The third-order valence-corrected chi connectivity index (χ3v) is 5.71. The molecule has 6 unspecified atom stereocenters. The first-order valence-electron chi connectivity index (χ1n) is 10.1. The Hall–Kier alpha value is -3.09. The lowest BCUT2D eigenvalue weighted by atomic mass is 9.93. The van der Waals surface area contributed by atoms with Crippen LogP contribution in [0.1, 0.15) is 27.6 Å². The third-order valence-electron chi connectivity index (χ3n) is 5.71. The molecule has 0 bridgehead atoms. The van der Waals surface area contributed by atoms with Crippen LogP contribution in [0.4, 0.5) is 0 Å². The van der Waals surface area contributed by atoms with Crippen LogP contribution < -0.4 is 9.47 Å². The summed E-state index contributed by atoms with van der Waals surface area (Å²) in [4.78, 5) is 12.5. The average Bonchev–Trinajstić information content (AvgIpc) is 2.78. The van der Waals surface area contributed by atoms with Crippen molar-refractivity contribution >= 4 is 5.97 Å². The van der Waals surface area contributed by atoms with Crippen LogP contribution in [0.15, 0.2) is 30.3 Å². The number of fused-ring (bicyclic) bond motifs is 1. The van der Waals surface area contributed by atoms with Gasteiger partial charge in [-0.2, -0.15) is 0 Å². The van der Waals surface area contributed by atoms with Gasteiger partial charge >= 0.3 is 5.97 Å². The molecule has 0 spiro atoms. The summed E-state index contributed by atoms with van der Waals surface area (Å²) < 4.78 is 21.3. The van der Waals surface area contributed by atoms with E-state index in [0.717, 1.165) is 6.07 Å². The molecular formula is C22H24O11. The molecule has 1 saturated heterocycles. The van der Waals surface area contributed by atoms with Crippen LogP contribution in [0.3, 0.4) is 0 Å². The molecule has 0 aromatic heterocycles. The summed E-state index contributed by atoms with van der Waals surface area (Å²) in [6.07, 6.45) is -8.05. The van der Waals surface area contributed by atoms with E-state index < -0.39 is 55.1 Å². The number of hydrogen-bond acceptors (Lipinski definition) is 11. The Morgan fingerprint density at radius 3 is 2.45 bits per heavy atom. The molecule has 2 aromatic carbocycles. The van der Waals surface area contributed by atoms with Crippen LogP contribution in [0.25, 0.3) is 0 Å². The van der Waals surface area contributed by atoms with E-state index in [1.165, 1.54) is 25.3 Å². The van der Waals surface area contributed by atoms with Gasteiger partial charge < -0.3 is 49.6 Å². The van der Waals surface area contributed by atoms with E-state index in [1.807, 2.05) is 0 Å². The predicted octanol–water partition coefficient (Wildman–Crippen LogP) is -0.261. The minimum Gasteiger partial charge on any atom is -0.507 e. The first kappa shape index (κ1) is 23.1. The van der Waals surface area contributed by atoms with Gasteiger partial charge in [0.1, 0.15) is 47.6 Å². The molecule has 11 nitrogen and oxygen atoms in total. The molecule has 6 atom stereocenters. The molecule has 33 heavy (non-hydrogen) atoms. The van der Waals surface area contributed by atoms with Crippen molar-refractivity contribution in [2.45, 2.75) is 43.2 Å². The molecule has 11 heteroatoms. The molecule has 2 aromatic rings. The zero-order chi connectivity index (χ0) is 23.9. The van der Waals surface area contributed by atoms with Crippen molar-refractivity contribution in [3.63, 3.8) is 0 Å². The summed E-state index contributed by atoms with van der Waals surface area (Å²) in [7, 11) is 1.41. The second-order valence-corrected chi connectivity index (χ2v) is 7.82. The minimum atomic E-state index is -1.64. The van der Waals surface area contributed by atoms with Gasteiger partial charge in [0.15, 0.2) is 11.5 Å². The monoisotopic (exact) mass is 464 g/mol. The second kappa shape index (κ2) is 9.04. The number of aliphatic hydroxyl groups is 4. The van der Waals surface area contributed by atoms with E-state index in [9.17, 15) is 35.4 Å². The molecule has 4 rings (SSSR count). The number of aliphatic hydroxyl groups excluding tert-OH is 4. The fourth-order valence-electron chi connectivity index (χ4n) is 3.94. The van der Waals surface area contributed by atoms with Crippen molar-refractivity contribution in [3.8, 4) is 23.0 Å². The summed E-state index contributed by atoms with van der Waals surface area (Å²) in [6, 6.07) is 7.16. The predicted molar refractivity (Wildman–Crippen MR) is 109 cm³/mol. The van der Waals surface area contributed by atoms with Crippen molar-refractivity contribution in [2.24, 2.45) is 0 Å². The summed E-state index contributed by atoms with van der Waals surface area (Å²) in [5, 5.41) is 59.8. The summed E-state index contributed by atoms with van der Waals surface area (Å²) in [5.41, 5.74) is 0.836. The van der Waals surface area contributed by atoms with Gasteiger partial charge in [-0.1, -0.05) is 6.07 Å². The Bertz CT molecular complexity index is 1040. The highest BCUT2D eigenvalue weighted by Crippen LogP contribution is 2.39. The first-order valence-corrected chi connectivity index (χ1v) is 10.1. The van der Waals surface area contributed by atoms with Crippen LogP contribution in [0.2, 0.25) is 0 Å². The van der Waals surface area contributed by atoms with E-state index in [1.54, 1.807) is 6.07 Å². The number of hydrogen-bond donors (Lipinski definition) is 6. The Morgan fingerprint density at radius 1 is 1.03 bits per heavy atom. The lowest BCUT2D eigenvalue weighted by Crippen LogP contribution is -2.60.